The van der Waals surface area contributed by atoms with E-state index in [2.05, 4.69) is 0 Å². The lowest BCUT2D eigenvalue weighted by Gasteiger charge is -2.51. The fourth-order valence-electron chi connectivity index (χ4n) is 9.63. The molecule has 12 bridgehead atoms. The zero-order valence-corrected chi connectivity index (χ0v) is 39.1. The van der Waals surface area contributed by atoms with E-state index in [0.717, 1.165) is 0 Å². The molecule has 74 heavy (non-hydrogen) atoms. The van der Waals surface area contributed by atoms with Gasteiger partial charge in [-0.1, -0.05) is 6.92 Å². The van der Waals surface area contributed by atoms with Crippen LogP contribution >= 0.6 is 0 Å². The van der Waals surface area contributed by atoms with Gasteiger partial charge in [0, 0.05) is 0 Å². The van der Waals surface area contributed by atoms with Gasteiger partial charge in [0.05, 0.1) is 45.7 Å². The number of esters is 1. The van der Waals surface area contributed by atoms with Gasteiger partial charge in [0.1, 0.15) is 140 Å². The molecule has 0 aromatic carbocycles. The van der Waals surface area contributed by atoms with Crippen molar-refractivity contribution < 1.29 is 163 Å². The van der Waals surface area contributed by atoms with Crippen molar-refractivity contribution in [1.82, 2.24) is 0 Å². The highest BCUT2D eigenvalue weighted by Crippen LogP contribution is 2.38. The minimum absolute atomic E-state index is 0.199. The molecular weight excluding hydrogens is 1020 g/mol. The lowest BCUT2D eigenvalue weighted by Crippen LogP contribution is -2.69. The summed E-state index contributed by atoms with van der Waals surface area (Å²) in [4.78, 5) is 13.3. The fourth-order valence-corrected chi connectivity index (χ4v) is 9.63. The normalized spacial score (nSPS) is 51.5. The lowest BCUT2D eigenvalue weighted by molar-refractivity contribution is -0.404. The second-order valence-electron chi connectivity index (χ2n) is 18.7. The zero-order valence-electron chi connectivity index (χ0n) is 39.1. The van der Waals surface area contributed by atoms with Gasteiger partial charge in [0.25, 0.3) is 0 Å². The van der Waals surface area contributed by atoms with E-state index in [1.807, 2.05) is 0 Å². The summed E-state index contributed by atoms with van der Waals surface area (Å²) in [5.41, 5.74) is 0. The molecule has 0 amide bonds. The van der Waals surface area contributed by atoms with Crippen LogP contribution in [0.3, 0.4) is 0 Å². The van der Waals surface area contributed by atoms with E-state index in [1.54, 1.807) is 0 Å². The van der Waals surface area contributed by atoms with Crippen molar-refractivity contribution >= 4 is 5.97 Å². The number of ether oxygens (including phenoxy) is 13. The van der Waals surface area contributed by atoms with Gasteiger partial charge in [-0.3, -0.25) is 0 Å². The van der Waals surface area contributed by atoms with Gasteiger partial charge >= 0.3 is 5.97 Å². The number of aliphatic hydroxyl groups excluding tert-OH is 19. The van der Waals surface area contributed by atoms with Crippen LogP contribution in [0.1, 0.15) is 13.3 Å². The standard InChI is InChI=1S/C41H68O33/c1-2-9(48)16(49)35(61)68-34-27(60)41-67-15(8-47)33(34)74-40-26(59)21(54)31(13(6-45)66-40)72-38-24(57)19(52)29(11(4-43)64-38)70-36-22(55)17(50)28(10(3-42)62-36)69-37-23(56)18(51)30(12(5-44)63-37)71-39-25(58)20(53)32(73-41)14(7-46)65-39/h9-34,36-60H,2-8H2,1H3/t9?,10-,11-,12-,13-,14-,15-,16?,17-,18-,19-,20-,21-,22-,23-,24-,25-,26-,27-,28-,29-,30-,31-,32-,33+,34-,36-,37-,38-,39-,40-,41-/m1/s1. The second kappa shape index (κ2) is 25.6. The number of aliphatic hydroxyl groups is 19. The maximum atomic E-state index is 13.3. The van der Waals surface area contributed by atoms with Gasteiger partial charge in [0.2, 0.25) is 0 Å². The molecule has 22 aliphatic heterocycles. The van der Waals surface area contributed by atoms with Crippen LogP contribution in [0, 0.1) is 0 Å². The third-order valence-corrected chi connectivity index (χ3v) is 13.9. The molecule has 19 N–H and O–H groups in total. The minimum atomic E-state index is -2.36. The van der Waals surface area contributed by atoms with Gasteiger partial charge in [-0.15, -0.1) is 0 Å². The summed E-state index contributed by atoms with van der Waals surface area (Å²) in [5.74, 6) is -1.61. The van der Waals surface area contributed by atoms with Gasteiger partial charge in [-0.25, -0.2) is 4.79 Å². The molecule has 22 heterocycles. The molecule has 22 saturated heterocycles. The Morgan fingerprint density at radius 3 is 0.797 bits per heavy atom. The highest BCUT2D eigenvalue weighted by molar-refractivity contribution is 5.75. The predicted octanol–water partition coefficient (Wildman–Crippen LogP) is -13.4. The van der Waals surface area contributed by atoms with Crippen molar-refractivity contribution in [3.8, 4) is 0 Å². The van der Waals surface area contributed by atoms with Gasteiger partial charge in [-0.05, 0) is 6.42 Å². The van der Waals surface area contributed by atoms with Crippen LogP contribution in [0.25, 0.3) is 0 Å². The number of carbonyl (C=O) groups excluding carboxylic acids is 1. The monoisotopic (exact) mass is 1090 g/mol. The molecule has 0 saturated carbocycles. The molecule has 0 aromatic heterocycles. The Labute approximate surface area is 418 Å². The molecule has 22 rings (SSSR count). The van der Waals surface area contributed by atoms with E-state index in [4.69, 9.17) is 61.6 Å². The number of hydrogen-bond acceptors (Lipinski definition) is 33. The summed E-state index contributed by atoms with van der Waals surface area (Å²) in [5, 5.41) is 208. The summed E-state index contributed by atoms with van der Waals surface area (Å²) >= 11 is 0. The Hall–Kier alpha value is -1.77. The molecule has 33 heteroatoms. The third-order valence-electron chi connectivity index (χ3n) is 13.9. The SMILES string of the molecule is CCC(O)C(O)C(=O)O[C@@H]1[C@@H](O)[C@H]2O[C@H]3[C@H](O)[C@@H](O)[C@@H](O[C@H]4[C@H](O)[C@@H](O)[C@@H](O[C@H]5[C@H](O)[C@@H](O)[C@@H](O[C@H]6[C@H](O)[C@@H](O)[C@@H](O[C@H]7[C@H](O)[C@@H](O)[C@@H](O[C@H]1[C@@H](CO)O2)O[C@@H]7CO)O[C@@H]6CO)O[C@@H]5CO)O[C@@H]4CO)O[C@@H]3CO. The summed E-state index contributed by atoms with van der Waals surface area (Å²) in [6, 6.07) is 0. The van der Waals surface area contributed by atoms with E-state index in [9.17, 15) is 102 Å². The first-order valence-corrected chi connectivity index (χ1v) is 23.7. The van der Waals surface area contributed by atoms with Crippen LogP contribution in [0.4, 0.5) is 0 Å². The van der Waals surface area contributed by atoms with Gasteiger partial charge < -0.3 is 159 Å². The number of hydrogen-bond donors (Lipinski definition) is 19. The van der Waals surface area contributed by atoms with Crippen molar-refractivity contribution in [3.05, 3.63) is 0 Å². The van der Waals surface area contributed by atoms with Crippen LogP contribution in [0.2, 0.25) is 0 Å². The van der Waals surface area contributed by atoms with Gasteiger partial charge in [0.15, 0.2) is 49.9 Å². The average molecular weight is 1090 g/mol. The maximum Gasteiger partial charge on any atom is 0.338 e. The van der Waals surface area contributed by atoms with Crippen molar-refractivity contribution in [2.75, 3.05) is 39.6 Å². The molecule has 22 aliphatic rings. The largest absolute Gasteiger partial charge is 0.455 e. The zero-order chi connectivity index (χ0) is 54.2. The summed E-state index contributed by atoms with van der Waals surface area (Å²) in [7, 11) is 0. The molecular formula is C41H68O33. The highest BCUT2D eigenvalue weighted by Gasteiger charge is 2.59. The van der Waals surface area contributed by atoms with Crippen molar-refractivity contribution in [1.29, 1.82) is 0 Å². The van der Waals surface area contributed by atoms with E-state index < -0.39 is 242 Å². The summed E-state index contributed by atoms with van der Waals surface area (Å²) in [6.45, 7) is -5.03. The molecule has 0 aromatic rings. The molecule has 2 unspecified atom stereocenters. The fraction of sp³-hybridized carbons (Fsp3) is 0.976. The van der Waals surface area contributed by atoms with E-state index in [1.165, 1.54) is 6.92 Å². The van der Waals surface area contributed by atoms with E-state index >= 15 is 0 Å². The van der Waals surface area contributed by atoms with Crippen molar-refractivity contribution in [3.63, 3.8) is 0 Å². The number of rotatable bonds is 10. The first-order chi connectivity index (χ1) is 35.2. The predicted molar refractivity (Wildman–Crippen MR) is 222 cm³/mol. The quantitative estimate of drug-likeness (QED) is 0.0903. The van der Waals surface area contributed by atoms with E-state index in [-0.39, 0.29) is 6.42 Å². The molecule has 33 nitrogen and oxygen atoms in total. The Kier molecular flexibility index (Phi) is 20.7. The Morgan fingerprint density at radius 1 is 0.351 bits per heavy atom. The first-order valence-electron chi connectivity index (χ1n) is 23.7. The topological polar surface area (TPSA) is 521 Å². The lowest BCUT2D eigenvalue weighted by atomic mass is 9.94. The number of carbonyl (C=O) groups is 1. The van der Waals surface area contributed by atoms with Crippen LogP contribution in [-0.4, -0.2) is 339 Å². The minimum Gasteiger partial charge on any atom is -0.455 e. The molecule has 32 atom stereocenters. The molecule has 0 aliphatic carbocycles. The van der Waals surface area contributed by atoms with Crippen LogP contribution in [-0.2, 0) is 66.4 Å². The maximum absolute atomic E-state index is 13.3. The van der Waals surface area contributed by atoms with Gasteiger partial charge in [-0.2, -0.15) is 0 Å². The van der Waals surface area contributed by atoms with Crippen LogP contribution < -0.4 is 0 Å². The molecule has 430 valence electrons. The summed E-state index contributed by atoms with van der Waals surface area (Å²) in [6.07, 6.45) is -65.5. The van der Waals surface area contributed by atoms with E-state index in [0.29, 0.717) is 0 Å². The van der Waals surface area contributed by atoms with Crippen molar-refractivity contribution in [2.24, 2.45) is 0 Å². The highest BCUT2D eigenvalue weighted by atomic mass is 16.8. The Bertz CT molecular complexity index is 1750. The molecule has 0 spiro atoms. The first kappa shape index (κ1) is 59.9. The Morgan fingerprint density at radius 2 is 0.568 bits per heavy atom. The smallest absolute Gasteiger partial charge is 0.338 e. The summed E-state index contributed by atoms with van der Waals surface area (Å²) < 4.78 is 74.0. The van der Waals surface area contributed by atoms with Crippen molar-refractivity contribution in [2.45, 2.75) is 210 Å². The molecule has 22 fully saturated rings. The Balaban J connectivity index is 1.24. The average Bonchev–Trinajstić information content (AvgIpc) is 3.39. The van der Waals surface area contributed by atoms with Crippen LogP contribution in [0.15, 0.2) is 0 Å². The third kappa shape index (κ3) is 11.9. The second-order valence-corrected chi connectivity index (χ2v) is 18.7. The van der Waals surface area contributed by atoms with Crippen LogP contribution in [0.5, 0.6) is 0 Å². The molecule has 0 radical (unpaired) electrons.